The van der Waals surface area contributed by atoms with Crippen molar-refractivity contribution in [1.29, 1.82) is 0 Å². The topological polar surface area (TPSA) is 46.1 Å². The first-order valence-electron chi connectivity index (χ1n) is 5.25. The maximum absolute atomic E-state index is 12.7. The molecule has 0 radical (unpaired) electrons. The summed E-state index contributed by atoms with van der Waals surface area (Å²) in [5.74, 6) is -0.571. The Morgan fingerprint density at radius 3 is 2.70 bits per heavy atom. The highest BCUT2D eigenvalue weighted by Gasteiger charge is 2.26. The number of halogens is 4. The van der Waals surface area contributed by atoms with Gasteiger partial charge in [-0.05, 0) is 45.7 Å². The van der Waals surface area contributed by atoms with E-state index in [4.69, 9.17) is 0 Å². The van der Waals surface area contributed by atoms with Gasteiger partial charge in [0.25, 0.3) is 12.3 Å². The van der Waals surface area contributed by atoms with E-state index in [-0.39, 0.29) is 4.88 Å². The number of benzene rings is 1. The highest BCUT2D eigenvalue weighted by molar-refractivity contribution is 9.11. The summed E-state index contributed by atoms with van der Waals surface area (Å²) < 4.78 is 30.4. The van der Waals surface area contributed by atoms with Gasteiger partial charge in [-0.15, -0.1) is 5.10 Å². The first kappa shape index (κ1) is 15.5. The minimum Gasteiger partial charge on any atom is -0.309 e. The second-order valence-electron chi connectivity index (χ2n) is 3.75. The SMILES string of the molecule is CN(C(=O)c1snnc1C(F)F)c1ccc(Br)cc1Br. The highest BCUT2D eigenvalue weighted by atomic mass is 79.9. The van der Waals surface area contributed by atoms with E-state index in [9.17, 15) is 13.6 Å². The Kier molecular flexibility index (Phi) is 4.82. The van der Waals surface area contributed by atoms with Gasteiger partial charge in [-0.25, -0.2) is 8.78 Å². The summed E-state index contributed by atoms with van der Waals surface area (Å²) >= 11 is 7.29. The van der Waals surface area contributed by atoms with Crippen LogP contribution in [0.25, 0.3) is 0 Å². The second-order valence-corrected chi connectivity index (χ2v) is 6.27. The number of carbonyl (C=O) groups is 1. The van der Waals surface area contributed by atoms with Crippen LogP contribution in [0.1, 0.15) is 21.8 Å². The Balaban J connectivity index is 2.35. The van der Waals surface area contributed by atoms with Crippen molar-refractivity contribution in [2.24, 2.45) is 0 Å². The van der Waals surface area contributed by atoms with E-state index in [0.717, 1.165) is 4.47 Å². The lowest BCUT2D eigenvalue weighted by Gasteiger charge is -2.18. The smallest absolute Gasteiger partial charge is 0.283 e. The average molecular weight is 427 g/mol. The summed E-state index contributed by atoms with van der Waals surface area (Å²) in [4.78, 5) is 13.4. The largest absolute Gasteiger partial charge is 0.309 e. The molecular formula is C11H7Br2F2N3OS. The van der Waals surface area contributed by atoms with E-state index in [2.05, 4.69) is 41.4 Å². The summed E-state index contributed by atoms with van der Waals surface area (Å²) in [6, 6.07) is 5.21. The van der Waals surface area contributed by atoms with E-state index < -0.39 is 18.0 Å². The third-order valence-corrected chi connectivity index (χ3v) is 4.35. The summed E-state index contributed by atoms with van der Waals surface area (Å²) in [6.07, 6.45) is -2.82. The van der Waals surface area contributed by atoms with Gasteiger partial charge in [-0.2, -0.15) is 0 Å². The van der Waals surface area contributed by atoms with Crippen molar-refractivity contribution < 1.29 is 13.6 Å². The molecule has 0 aliphatic heterocycles. The molecular weight excluding hydrogens is 420 g/mol. The first-order valence-corrected chi connectivity index (χ1v) is 7.61. The van der Waals surface area contributed by atoms with Crippen LogP contribution in [0.5, 0.6) is 0 Å². The van der Waals surface area contributed by atoms with Gasteiger partial charge in [-0.3, -0.25) is 4.79 Å². The second kappa shape index (κ2) is 6.23. The zero-order valence-electron chi connectivity index (χ0n) is 9.98. The fraction of sp³-hybridized carbons (Fsp3) is 0.182. The van der Waals surface area contributed by atoms with E-state index in [1.807, 2.05) is 0 Å². The Morgan fingerprint density at radius 1 is 1.40 bits per heavy atom. The number of anilines is 1. The van der Waals surface area contributed by atoms with Crippen molar-refractivity contribution >= 4 is 55.0 Å². The quantitative estimate of drug-likeness (QED) is 0.735. The van der Waals surface area contributed by atoms with Crippen LogP contribution in [0, 0.1) is 0 Å². The zero-order valence-corrected chi connectivity index (χ0v) is 14.0. The molecule has 1 aromatic carbocycles. The Morgan fingerprint density at radius 2 is 2.10 bits per heavy atom. The van der Waals surface area contributed by atoms with Crippen LogP contribution in [0.15, 0.2) is 27.1 Å². The maximum Gasteiger partial charge on any atom is 0.283 e. The third-order valence-electron chi connectivity index (χ3n) is 2.49. The van der Waals surface area contributed by atoms with Gasteiger partial charge >= 0.3 is 0 Å². The summed E-state index contributed by atoms with van der Waals surface area (Å²) in [7, 11) is 1.51. The van der Waals surface area contributed by atoms with Crippen molar-refractivity contribution in [3.63, 3.8) is 0 Å². The van der Waals surface area contributed by atoms with Crippen LogP contribution >= 0.6 is 43.4 Å². The zero-order chi connectivity index (χ0) is 14.9. The number of carbonyl (C=O) groups excluding carboxylic acids is 1. The standard InChI is InChI=1S/C11H7Br2F2N3OS/c1-18(7-3-2-5(12)4-6(7)13)11(19)9-8(10(14)15)16-17-20-9/h2-4,10H,1H3. The summed E-state index contributed by atoms with van der Waals surface area (Å²) in [5, 5.41) is 3.30. The van der Waals surface area contributed by atoms with Gasteiger partial charge < -0.3 is 4.90 Å². The Labute approximate surface area is 134 Å². The monoisotopic (exact) mass is 425 g/mol. The molecule has 2 aromatic rings. The van der Waals surface area contributed by atoms with Crippen LogP contribution in [-0.4, -0.2) is 22.5 Å². The molecule has 20 heavy (non-hydrogen) atoms. The first-order chi connectivity index (χ1) is 9.41. The normalized spacial score (nSPS) is 10.9. The number of aromatic nitrogens is 2. The van der Waals surface area contributed by atoms with Gasteiger partial charge in [0.2, 0.25) is 0 Å². The third kappa shape index (κ3) is 3.04. The molecule has 4 nitrogen and oxygen atoms in total. The minimum absolute atomic E-state index is 0.155. The highest BCUT2D eigenvalue weighted by Crippen LogP contribution is 2.31. The number of amides is 1. The van der Waals surface area contributed by atoms with Gasteiger partial charge in [0.1, 0.15) is 4.88 Å². The maximum atomic E-state index is 12.7. The molecule has 106 valence electrons. The molecule has 2 rings (SSSR count). The average Bonchev–Trinajstić information content (AvgIpc) is 2.86. The van der Waals surface area contributed by atoms with Crippen LogP contribution < -0.4 is 4.90 Å². The van der Waals surface area contributed by atoms with Crippen LogP contribution in [0.4, 0.5) is 14.5 Å². The number of rotatable bonds is 3. The number of alkyl halides is 2. The molecule has 1 heterocycles. The van der Waals surface area contributed by atoms with E-state index >= 15 is 0 Å². The van der Waals surface area contributed by atoms with Crippen molar-refractivity contribution in [3.05, 3.63) is 37.7 Å². The van der Waals surface area contributed by atoms with Crippen molar-refractivity contribution in [1.82, 2.24) is 9.59 Å². The minimum atomic E-state index is -2.82. The molecule has 0 fully saturated rings. The van der Waals surface area contributed by atoms with Gasteiger partial charge in [0, 0.05) is 16.0 Å². The predicted molar refractivity (Wildman–Crippen MR) is 79.4 cm³/mol. The van der Waals surface area contributed by atoms with Crippen molar-refractivity contribution in [2.75, 3.05) is 11.9 Å². The molecule has 0 bridgehead atoms. The number of hydrogen-bond acceptors (Lipinski definition) is 4. The number of nitrogens with zero attached hydrogens (tertiary/aromatic N) is 3. The van der Waals surface area contributed by atoms with Gasteiger partial charge in [0.05, 0.1) is 5.69 Å². The molecule has 1 amide bonds. The molecule has 0 unspecified atom stereocenters. The molecule has 1 aromatic heterocycles. The van der Waals surface area contributed by atoms with Crippen LogP contribution in [0.2, 0.25) is 0 Å². The Bertz CT molecular complexity index is 650. The fourth-order valence-electron chi connectivity index (χ4n) is 1.50. The lowest BCUT2D eigenvalue weighted by atomic mass is 10.2. The molecule has 0 saturated heterocycles. The van der Waals surface area contributed by atoms with Crippen molar-refractivity contribution in [2.45, 2.75) is 6.43 Å². The van der Waals surface area contributed by atoms with Crippen LogP contribution in [0.3, 0.4) is 0 Å². The Hall–Kier alpha value is -0.930. The van der Waals surface area contributed by atoms with E-state index in [1.165, 1.54) is 11.9 Å². The molecule has 0 atom stereocenters. The van der Waals surface area contributed by atoms with Gasteiger partial charge in [-0.1, -0.05) is 20.4 Å². The molecule has 0 spiro atoms. The molecule has 9 heteroatoms. The summed E-state index contributed by atoms with van der Waals surface area (Å²) in [6.45, 7) is 0. The lowest BCUT2D eigenvalue weighted by molar-refractivity contribution is 0.0981. The van der Waals surface area contributed by atoms with Crippen molar-refractivity contribution in [3.8, 4) is 0 Å². The van der Waals surface area contributed by atoms with Crippen LogP contribution in [-0.2, 0) is 0 Å². The molecule has 0 aliphatic rings. The fourth-order valence-corrected chi connectivity index (χ4v) is 3.47. The lowest BCUT2D eigenvalue weighted by Crippen LogP contribution is -2.26. The van der Waals surface area contributed by atoms with E-state index in [1.54, 1.807) is 18.2 Å². The van der Waals surface area contributed by atoms with E-state index in [0.29, 0.717) is 21.7 Å². The molecule has 0 aliphatic carbocycles. The van der Waals surface area contributed by atoms with Gasteiger partial charge in [0.15, 0.2) is 5.69 Å². The molecule has 0 saturated carbocycles. The molecule has 0 N–H and O–H groups in total. The summed E-state index contributed by atoms with van der Waals surface area (Å²) in [5.41, 5.74) is -0.0214. The predicted octanol–water partition coefficient (Wildman–Crippen LogP) is 4.28. The number of hydrogen-bond donors (Lipinski definition) is 0.